The number of allylic oxidation sites excluding steroid dienone is 2. The molecule has 1 saturated heterocycles. The molecule has 232 valence electrons. The van der Waals surface area contributed by atoms with Crippen LogP contribution < -0.4 is 4.90 Å². The van der Waals surface area contributed by atoms with E-state index in [9.17, 15) is 15.0 Å². The summed E-state index contributed by atoms with van der Waals surface area (Å²) < 4.78 is 0. The lowest BCUT2D eigenvalue weighted by Crippen LogP contribution is -2.56. The fraction of sp³-hybridized carbons (Fsp3) is 0.474. The van der Waals surface area contributed by atoms with Gasteiger partial charge in [0, 0.05) is 55.5 Å². The number of aliphatic hydroxyl groups excluding tert-OH is 1. The minimum atomic E-state index is -0.883. The van der Waals surface area contributed by atoms with E-state index in [2.05, 4.69) is 52.9 Å². The SMILES string of the molecule is CC1=CCCC2(C)C(CCC2(O)CN2CCN(c3ccccn3)CC2)c2ccc(cc2C(=O)c2ccccc2)CC(O)CC1. The summed E-state index contributed by atoms with van der Waals surface area (Å²) in [5.74, 6) is 1.07. The highest BCUT2D eigenvalue weighted by atomic mass is 16.3. The summed E-state index contributed by atoms with van der Waals surface area (Å²) in [4.78, 5) is 23.4. The number of carbonyl (C=O) groups is 1. The number of hydrogen-bond acceptors (Lipinski definition) is 6. The summed E-state index contributed by atoms with van der Waals surface area (Å²) in [6.07, 6.45) is 9.01. The molecule has 6 nitrogen and oxygen atoms in total. The third-order valence-corrected chi connectivity index (χ3v) is 10.8. The van der Waals surface area contributed by atoms with Crippen molar-refractivity contribution in [3.8, 4) is 0 Å². The summed E-state index contributed by atoms with van der Waals surface area (Å²) in [6, 6.07) is 21.8. The van der Waals surface area contributed by atoms with Crippen LogP contribution in [0.3, 0.4) is 0 Å². The zero-order valence-corrected chi connectivity index (χ0v) is 26.3. The molecule has 3 aromatic rings. The monoisotopic (exact) mass is 593 g/mol. The van der Waals surface area contributed by atoms with Gasteiger partial charge in [-0.1, -0.05) is 67.1 Å². The van der Waals surface area contributed by atoms with Gasteiger partial charge in [-0.05, 0) is 87.1 Å². The van der Waals surface area contributed by atoms with Crippen molar-refractivity contribution in [1.82, 2.24) is 9.88 Å². The van der Waals surface area contributed by atoms with Gasteiger partial charge in [0.1, 0.15) is 5.82 Å². The molecular weight excluding hydrogens is 546 g/mol. The number of aromatic nitrogens is 1. The zero-order chi connectivity index (χ0) is 30.7. The Hall–Kier alpha value is -3.32. The molecule has 3 aliphatic carbocycles. The topological polar surface area (TPSA) is 76.9 Å². The molecule has 4 atom stereocenters. The van der Waals surface area contributed by atoms with E-state index in [1.54, 1.807) is 0 Å². The van der Waals surface area contributed by atoms with E-state index in [0.717, 1.165) is 68.8 Å². The molecule has 2 heterocycles. The largest absolute Gasteiger partial charge is 0.393 e. The summed E-state index contributed by atoms with van der Waals surface area (Å²) in [5, 5.41) is 23.5. The Balaban J connectivity index is 1.33. The number of rotatable bonds is 5. The van der Waals surface area contributed by atoms with Crippen molar-refractivity contribution < 1.29 is 15.0 Å². The van der Waals surface area contributed by atoms with Crippen molar-refractivity contribution in [1.29, 1.82) is 0 Å². The first-order chi connectivity index (χ1) is 21.3. The molecular formula is C38H47N3O3. The second kappa shape index (κ2) is 13.0. The van der Waals surface area contributed by atoms with E-state index < -0.39 is 17.1 Å². The van der Waals surface area contributed by atoms with Crippen LogP contribution >= 0.6 is 0 Å². The van der Waals surface area contributed by atoms with Gasteiger partial charge in [-0.25, -0.2) is 4.98 Å². The number of β-amino-alcohol motifs (C(OH)–C–C–N with tert-alkyl or cyclic N) is 1. The van der Waals surface area contributed by atoms with Gasteiger partial charge in [-0.2, -0.15) is 0 Å². The van der Waals surface area contributed by atoms with Gasteiger partial charge >= 0.3 is 0 Å². The third-order valence-electron chi connectivity index (χ3n) is 10.8. The molecule has 2 fully saturated rings. The highest BCUT2D eigenvalue weighted by molar-refractivity contribution is 6.10. The van der Waals surface area contributed by atoms with Crippen molar-refractivity contribution in [3.63, 3.8) is 0 Å². The minimum absolute atomic E-state index is 0.0169. The van der Waals surface area contributed by atoms with Crippen LogP contribution in [0.1, 0.15) is 85.3 Å². The zero-order valence-electron chi connectivity index (χ0n) is 26.3. The minimum Gasteiger partial charge on any atom is -0.393 e. The van der Waals surface area contributed by atoms with Crippen LogP contribution in [0.5, 0.6) is 0 Å². The third kappa shape index (κ3) is 6.26. The predicted octanol–water partition coefficient (Wildman–Crippen LogP) is 6.17. The van der Waals surface area contributed by atoms with E-state index in [4.69, 9.17) is 0 Å². The number of anilines is 1. The molecule has 2 N–H and O–H groups in total. The number of ketones is 1. The molecule has 2 aromatic carbocycles. The highest BCUT2D eigenvalue weighted by Gasteiger charge is 2.57. The number of pyridine rings is 1. The van der Waals surface area contributed by atoms with E-state index in [1.165, 1.54) is 5.57 Å². The number of carbonyl (C=O) groups excluding carboxylic acids is 1. The summed E-state index contributed by atoms with van der Waals surface area (Å²) >= 11 is 0. The van der Waals surface area contributed by atoms with Crippen LogP contribution in [0, 0.1) is 5.41 Å². The smallest absolute Gasteiger partial charge is 0.193 e. The molecule has 7 rings (SSSR count). The van der Waals surface area contributed by atoms with Gasteiger partial charge in [-0.15, -0.1) is 0 Å². The van der Waals surface area contributed by atoms with Crippen molar-refractivity contribution in [2.24, 2.45) is 5.41 Å². The first-order valence-electron chi connectivity index (χ1n) is 16.4. The fourth-order valence-electron chi connectivity index (χ4n) is 7.99. The molecule has 0 radical (unpaired) electrons. The second-order valence-corrected chi connectivity index (χ2v) is 13.6. The summed E-state index contributed by atoms with van der Waals surface area (Å²) in [7, 11) is 0. The number of nitrogens with zero attached hydrogens (tertiary/aromatic N) is 3. The van der Waals surface area contributed by atoms with Crippen LogP contribution in [0.2, 0.25) is 0 Å². The Labute approximate surface area is 262 Å². The molecule has 1 aromatic heterocycles. The standard InChI is InChI=1S/C38H47N3O3/c1-28-9-8-18-37(2)34(17-19-38(37,44)27-40-21-23-41(24-22-40)35-12-6-7-20-39-35)32-16-14-29(25-31(42)15-13-28)26-33(32)36(43)30-10-4-3-5-11-30/h3-7,9-12,14,16,20,26,31,34,42,44H,8,13,15,17-19,21-25,27H2,1-2H3. The van der Waals surface area contributed by atoms with Crippen molar-refractivity contribution in [2.45, 2.75) is 76.4 Å². The molecule has 4 aliphatic rings. The lowest BCUT2D eigenvalue weighted by atomic mass is 9.64. The second-order valence-electron chi connectivity index (χ2n) is 13.6. The number of fused-ring (bicyclic) bond motifs is 8. The van der Waals surface area contributed by atoms with Gasteiger partial charge in [0.05, 0.1) is 11.7 Å². The molecule has 1 aliphatic heterocycles. The highest BCUT2D eigenvalue weighted by Crippen LogP contribution is 2.59. The molecule has 2 bridgehead atoms. The van der Waals surface area contributed by atoms with Crippen molar-refractivity contribution in [2.75, 3.05) is 37.6 Å². The van der Waals surface area contributed by atoms with Crippen LogP contribution in [0.25, 0.3) is 0 Å². The lowest BCUT2D eigenvalue weighted by molar-refractivity contribution is -0.0841. The van der Waals surface area contributed by atoms with E-state index in [1.807, 2.05) is 54.7 Å². The maximum Gasteiger partial charge on any atom is 0.193 e. The van der Waals surface area contributed by atoms with Gasteiger partial charge in [0.2, 0.25) is 0 Å². The Kier molecular flexibility index (Phi) is 9.04. The molecule has 1 saturated carbocycles. The molecule has 4 unspecified atom stereocenters. The normalized spacial score (nSPS) is 28.3. The Morgan fingerprint density at radius 3 is 2.50 bits per heavy atom. The van der Waals surface area contributed by atoms with Crippen LogP contribution in [-0.2, 0) is 6.42 Å². The Morgan fingerprint density at radius 1 is 0.977 bits per heavy atom. The van der Waals surface area contributed by atoms with Gasteiger partial charge in [0.25, 0.3) is 0 Å². The van der Waals surface area contributed by atoms with Crippen LogP contribution in [-0.4, -0.2) is 70.3 Å². The van der Waals surface area contributed by atoms with E-state index in [-0.39, 0.29) is 11.7 Å². The fourth-order valence-corrected chi connectivity index (χ4v) is 7.99. The van der Waals surface area contributed by atoms with Crippen LogP contribution in [0.4, 0.5) is 5.82 Å². The molecule has 0 spiro atoms. The van der Waals surface area contributed by atoms with E-state index in [0.29, 0.717) is 36.9 Å². The lowest BCUT2D eigenvalue weighted by Gasteiger charge is -2.47. The number of aliphatic hydroxyl groups is 2. The Bertz CT molecular complexity index is 1470. The van der Waals surface area contributed by atoms with Gasteiger partial charge in [0.15, 0.2) is 5.78 Å². The van der Waals surface area contributed by atoms with Crippen molar-refractivity contribution >= 4 is 11.6 Å². The van der Waals surface area contributed by atoms with E-state index >= 15 is 0 Å². The first-order valence-corrected chi connectivity index (χ1v) is 16.4. The maximum absolute atomic E-state index is 14.1. The molecule has 44 heavy (non-hydrogen) atoms. The average Bonchev–Trinajstić information content (AvgIpc) is 3.29. The number of piperazine rings is 1. The Morgan fingerprint density at radius 2 is 1.75 bits per heavy atom. The van der Waals surface area contributed by atoms with Gasteiger partial charge < -0.3 is 15.1 Å². The quantitative estimate of drug-likeness (QED) is 0.272. The first kappa shape index (κ1) is 30.7. The molecule has 0 amide bonds. The van der Waals surface area contributed by atoms with Crippen molar-refractivity contribution in [3.05, 3.63) is 107 Å². The predicted molar refractivity (Wildman–Crippen MR) is 176 cm³/mol. The maximum atomic E-state index is 14.1. The molecule has 6 heteroatoms. The average molecular weight is 594 g/mol. The summed E-state index contributed by atoms with van der Waals surface area (Å²) in [5.41, 5.74) is 3.40. The number of hydrogen-bond donors (Lipinski definition) is 2. The summed E-state index contributed by atoms with van der Waals surface area (Å²) in [6.45, 7) is 8.60. The number of benzene rings is 2. The van der Waals surface area contributed by atoms with Crippen LogP contribution in [0.15, 0.2) is 84.6 Å². The van der Waals surface area contributed by atoms with Gasteiger partial charge in [-0.3, -0.25) is 9.69 Å².